The molecule has 0 aliphatic rings. The number of hydrogen-bond acceptors (Lipinski definition) is 3. The van der Waals surface area contributed by atoms with E-state index >= 15 is 0 Å². The maximum Gasteiger partial charge on any atom is 0.360 e. The fourth-order valence-electron chi connectivity index (χ4n) is 3.60. The lowest BCUT2D eigenvalue weighted by atomic mass is 10.0. The number of aromatic nitrogens is 1. The summed E-state index contributed by atoms with van der Waals surface area (Å²) in [4.78, 5) is 16.5. The van der Waals surface area contributed by atoms with Gasteiger partial charge in [-0.3, -0.25) is 9.35 Å². The molecule has 1 aromatic heterocycles. The first-order chi connectivity index (χ1) is 15.3. The highest BCUT2D eigenvalue weighted by Crippen LogP contribution is 2.27. The molecule has 0 saturated heterocycles. The van der Waals surface area contributed by atoms with E-state index in [4.69, 9.17) is 0 Å². The number of carbonyl (C=O) groups excluding carboxylic acids is 1. The van der Waals surface area contributed by atoms with Crippen molar-refractivity contribution in [1.82, 2.24) is 4.98 Å². The number of rotatable bonds is 7. The number of halogens is 1. The summed E-state index contributed by atoms with van der Waals surface area (Å²) in [6.45, 7) is 0. The standard InChI is InChI=1S/C23H20BrN3O4S/c24-17-10-12-19(13-11-17)27(32(29,30)31)22(23(28)26-18-6-2-1-3-7-18)14-16-15-25-21-9-5-4-8-20(16)21/h1-13,15,22,25H,14H2,(H,26,28)(H,29,30,31). The van der Waals surface area contributed by atoms with Gasteiger partial charge < -0.3 is 10.3 Å². The molecule has 1 atom stereocenters. The molecule has 0 fully saturated rings. The molecule has 0 saturated carbocycles. The summed E-state index contributed by atoms with van der Waals surface area (Å²) < 4.78 is 36.6. The third kappa shape index (κ3) is 4.85. The predicted molar refractivity (Wildman–Crippen MR) is 129 cm³/mol. The maximum atomic E-state index is 13.4. The third-order valence-corrected chi connectivity index (χ3v) is 6.54. The van der Waals surface area contributed by atoms with Crippen molar-refractivity contribution < 1.29 is 17.8 Å². The number of para-hydroxylation sites is 2. The molecular weight excluding hydrogens is 494 g/mol. The minimum absolute atomic E-state index is 0.0402. The van der Waals surface area contributed by atoms with E-state index in [9.17, 15) is 17.8 Å². The monoisotopic (exact) mass is 513 g/mol. The molecule has 0 aliphatic carbocycles. The van der Waals surface area contributed by atoms with Crippen LogP contribution in [0.4, 0.5) is 11.4 Å². The second-order valence-electron chi connectivity index (χ2n) is 7.18. The van der Waals surface area contributed by atoms with Crippen LogP contribution in [0.15, 0.2) is 89.5 Å². The Morgan fingerprint density at radius 1 is 1.00 bits per heavy atom. The van der Waals surface area contributed by atoms with Gasteiger partial charge in [0.05, 0.1) is 5.69 Å². The quantitative estimate of drug-likeness (QED) is 0.309. The van der Waals surface area contributed by atoms with E-state index in [0.29, 0.717) is 5.69 Å². The zero-order chi connectivity index (χ0) is 22.7. The van der Waals surface area contributed by atoms with Crippen LogP contribution in [0.3, 0.4) is 0 Å². The smallest absolute Gasteiger partial charge is 0.360 e. The summed E-state index contributed by atoms with van der Waals surface area (Å²) >= 11 is 3.32. The van der Waals surface area contributed by atoms with Gasteiger partial charge in [-0.05, 0) is 48.0 Å². The predicted octanol–water partition coefficient (Wildman–Crippen LogP) is 4.79. The van der Waals surface area contributed by atoms with Crippen LogP contribution >= 0.6 is 15.9 Å². The molecule has 1 unspecified atom stereocenters. The number of nitrogens with zero attached hydrogens (tertiary/aromatic N) is 1. The Balaban J connectivity index is 1.79. The van der Waals surface area contributed by atoms with Gasteiger partial charge in [-0.15, -0.1) is 0 Å². The van der Waals surface area contributed by atoms with E-state index in [1.54, 1.807) is 42.6 Å². The number of amides is 1. The van der Waals surface area contributed by atoms with Gasteiger partial charge in [-0.2, -0.15) is 8.42 Å². The summed E-state index contributed by atoms with van der Waals surface area (Å²) in [7, 11) is -4.78. The number of fused-ring (bicyclic) bond motifs is 1. The number of anilines is 2. The van der Waals surface area contributed by atoms with Gasteiger partial charge in [0.15, 0.2) is 0 Å². The highest BCUT2D eigenvalue weighted by atomic mass is 79.9. The fraction of sp³-hybridized carbons (Fsp3) is 0.0870. The molecule has 164 valence electrons. The number of hydrogen-bond donors (Lipinski definition) is 3. The van der Waals surface area contributed by atoms with Gasteiger partial charge in [0.2, 0.25) is 5.91 Å². The Morgan fingerprint density at radius 3 is 2.34 bits per heavy atom. The number of nitrogens with one attached hydrogen (secondary N) is 2. The number of aromatic amines is 1. The molecule has 32 heavy (non-hydrogen) atoms. The Morgan fingerprint density at radius 2 is 1.66 bits per heavy atom. The number of benzene rings is 3. The van der Waals surface area contributed by atoms with Crippen LogP contribution < -0.4 is 9.62 Å². The first kappa shape index (κ1) is 22.1. The van der Waals surface area contributed by atoms with Crippen molar-refractivity contribution in [2.75, 3.05) is 9.62 Å². The van der Waals surface area contributed by atoms with E-state index < -0.39 is 22.3 Å². The molecule has 0 spiro atoms. The van der Waals surface area contributed by atoms with Crippen LogP contribution in [0.25, 0.3) is 10.9 Å². The van der Waals surface area contributed by atoms with Gasteiger partial charge in [-0.25, -0.2) is 4.31 Å². The van der Waals surface area contributed by atoms with Gasteiger partial charge in [0, 0.05) is 33.7 Å². The Hall–Kier alpha value is -3.14. The molecule has 7 nitrogen and oxygen atoms in total. The largest absolute Gasteiger partial charge is 0.361 e. The van der Waals surface area contributed by atoms with Crippen molar-refractivity contribution in [3.8, 4) is 0 Å². The zero-order valence-electron chi connectivity index (χ0n) is 16.8. The molecular formula is C23H20BrN3O4S. The second kappa shape index (κ2) is 9.15. The highest BCUT2D eigenvalue weighted by Gasteiger charge is 2.35. The molecule has 1 amide bonds. The van der Waals surface area contributed by atoms with E-state index in [1.165, 1.54) is 12.1 Å². The first-order valence-electron chi connectivity index (χ1n) is 9.76. The summed E-state index contributed by atoms with van der Waals surface area (Å²) in [5, 5.41) is 3.63. The van der Waals surface area contributed by atoms with Crippen molar-refractivity contribution in [2.24, 2.45) is 0 Å². The first-order valence-corrected chi connectivity index (χ1v) is 12.0. The normalized spacial score (nSPS) is 12.4. The van der Waals surface area contributed by atoms with Crippen molar-refractivity contribution in [3.63, 3.8) is 0 Å². The maximum absolute atomic E-state index is 13.4. The Bertz CT molecular complexity index is 1340. The summed E-state index contributed by atoms with van der Waals surface area (Å²) in [5.41, 5.74) is 2.31. The lowest BCUT2D eigenvalue weighted by molar-refractivity contribution is -0.117. The molecule has 9 heteroatoms. The van der Waals surface area contributed by atoms with Crippen LogP contribution in [0.1, 0.15) is 5.56 Å². The molecule has 0 bridgehead atoms. The summed E-state index contributed by atoms with van der Waals surface area (Å²) in [5.74, 6) is -0.568. The topological polar surface area (TPSA) is 103 Å². The zero-order valence-corrected chi connectivity index (χ0v) is 19.2. The van der Waals surface area contributed by atoms with Crippen LogP contribution in [-0.2, 0) is 21.5 Å². The SMILES string of the molecule is O=C(Nc1ccccc1)C(Cc1c[nH]c2ccccc12)N(c1ccc(Br)cc1)S(=O)(=O)O. The number of carbonyl (C=O) groups is 1. The third-order valence-electron chi connectivity index (χ3n) is 5.04. The van der Waals surface area contributed by atoms with Crippen LogP contribution in [0.2, 0.25) is 0 Å². The van der Waals surface area contributed by atoms with Crippen LogP contribution in [0.5, 0.6) is 0 Å². The van der Waals surface area contributed by atoms with Crippen LogP contribution in [0, 0.1) is 0 Å². The van der Waals surface area contributed by atoms with E-state index in [0.717, 1.165) is 25.2 Å². The van der Waals surface area contributed by atoms with Crippen LogP contribution in [-0.4, -0.2) is 29.9 Å². The highest BCUT2D eigenvalue weighted by molar-refractivity contribution is 9.10. The van der Waals surface area contributed by atoms with Gasteiger partial charge in [-0.1, -0.05) is 52.3 Å². The molecule has 0 radical (unpaired) electrons. The minimum atomic E-state index is -4.78. The van der Waals surface area contributed by atoms with Crippen molar-refractivity contribution in [2.45, 2.75) is 12.5 Å². The van der Waals surface area contributed by atoms with Crippen molar-refractivity contribution in [3.05, 3.63) is 95.1 Å². The number of H-pyrrole nitrogens is 1. The molecule has 3 N–H and O–H groups in total. The lowest BCUT2D eigenvalue weighted by Crippen LogP contribution is -2.48. The lowest BCUT2D eigenvalue weighted by Gasteiger charge is -2.29. The minimum Gasteiger partial charge on any atom is -0.361 e. The molecule has 1 heterocycles. The van der Waals surface area contributed by atoms with Gasteiger partial charge >= 0.3 is 10.3 Å². The van der Waals surface area contributed by atoms with Crippen molar-refractivity contribution in [1.29, 1.82) is 0 Å². The van der Waals surface area contributed by atoms with E-state index in [-0.39, 0.29) is 12.1 Å². The Kier molecular flexibility index (Phi) is 6.31. The fourth-order valence-corrected chi connectivity index (χ4v) is 4.74. The Labute approximate surface area is 194 Å². The summed E-state index contributed by atoms with van der Waals surface area (Å²) in [6, 6.07) is 21.4. The van der Waals surface area contributed by atoms with Crippen molar-refractivity contribution >= 4 is 54.4 Å². The van der Waals surface area contributed by atoms with E-state index in [2.05, 4.69) is 26.2 Å². The molecule has 0 aliphatic heterocycles. The second-order valence-corrected chi connectivity index (χ2v) is 9.39. The molecule has 4 aromatic rings. The molecule has 4 rings (SSSR count). The average molecular weight is 514 g/mol. The molecule has 3 aromatic carbocycles. The average Bonchev–Trinajstić information content (AvgIpc) is 3.17. The van der Waals surface area contributed by atoms with E-state index in [1.807, 2.05) is 30.3 Å². The summed E-state index contributed by atoms with van der Waals surface area (Å²) in [6.07, 6.45) is 1.79. The van der Waals surface area contributed by atoms with Gasteiger partial charge in [0.1, 0.15) is 6.04 Å². The van der Waals surface area contributed by atoms with Gasteiger partial charge in [0.25, 0.3) is 0 Å².